The molecule has 2 fully saturated rings. The minimum atomic E-state index is -0.391. The van der Waals surface area contributed by atoms with Crippen molar-refractivity contribution in [1.29, 1.82) is 0 Å². The van der Waals surface area contributed by atoms with Gasteiger partial charge in [-0.05, 0) is 31.0 Å². The largest absolute Gasteiger partial charge is 0.486 e. The number of rotatable bonds is 4. The van der Waals surface area contributed by atoms with Gasteiger partial charge in [0.1, 0.15) is 18.2 Å². The molecule has 0 bridgehead atoms. The van der Waals surface area contributed by atoms with Gasteiger partial charge in [0.05, 0.1) is 29.3 Å². The molecule has 164 valence electrons. The van der Waals surface area contributed by atoms with Crippen molar-refractivity contribution in [3.8, 4) is 16.9 Å². The highest BCUT2D eigenvalue weighted by Crippen LogP contribution is 2.37. The minimum Gasteiger partial charge on any atom is -0.486 e. The van der Waals surface area contributed by atoms with Gasteiger partial charge in [0.2, 0.25) is 0 Å². The van der Waals surface area contributed by atoms with Gasteiger partial charge in [-0.3, -0.25) is 9.78 Å². The predicted octanol–water partition coefficient (Wildman–Crippen LogP) is 4.03. The number of halogens is 1. The number of hydrogen-bond acceptors (Lipinski definition) is 6. The maximum atomic E-state index is 13.3. The first kappa shape index (κ1) is 20.8. The molecule has 8 heteroatoms. The molecule has 2 atom stereocenters. The van der Waals surface area contributed by atoms with Gasteiger partial charge in [-0.25, -0.2) is 9.97 Å². The van der Waals surface area contributed by atoms with E-state index in [-0.39, 0.29) is 12.0 Å². The molecule has 0 N–H and O–H groups in total. The number of nitrogens with zero attached hydrogens (tertiary/aromatic N) is 4. The summed E-state index contributed by atoms with van der Waals surface area (Å²) in [6.45, 7) is 1.71. The van der Waals surface area contributed by atoms with E-state index in [2.05, 4.69) is 15.0 Å². The van der Waals surface area contributed by atoms with E-state index in [0.717, 1.165) is 30.4 Å². The molecular formula is C24H23ClN4O3. The Morgan fingerprint density at radius 1 is 1.12 bits per heavy atom. The van der Waals surface area contributed by atoms with Gasteiger partial charge in [0.15, 0.2) is 0 Å². The Labute approximate surface area is 191 Å². The first-order chi connectivity index (χ1) is 15.6. The molecule has 4 heterocycles. The zero-order valence-corrected chi connectivity index (χ0v) is 18.2. The van der Waals surface area contributed by atoms with Crippen LogP contribution in [0.1, 0.15) is 29.6 Å². The van der Waals surface area contributed by atoms with Crippen LogP contribution in [0.2, 0.25) is 5.02 Å². The molecule has 0 radical (unpaired) electrons. The Hall–Kier alpha value is -3.03. The van der Waals surface area contributed by atoms with Crippen LogP contribution in [0.15, 0.2) is 61.4 Å². The summed E-state index contributed by atoms with van der Waals surface area (Å²) in [7, 11) is 0. The first-order valence-electron chi connectivity index (χ1n) is 10.7. The Bertz CT molecular complexity index is 1110. The molecule has 7 nitrogen and oxygen atoms in total. The average molecular weight is 451 g/mol. The Kier molecular flexibility index (Phi) is 5.76. The molecule has 0 unspecified atom stereocenters. The fourth-order valence-corrected chi connectivity index (χ4v) is 4.68. The van der Waals surface area contributed by atoms with Crippen LogP contribution < -0.4 is 4.74 Å². The van der Waals surface area contributed by atoms with E-state index in [1.54, 1.807) is 24.8 Å². The summed E-state index contributed by atoms with van der Waals surface area (Å²) in [4.78, 5) is 27.5. The van der Waals surface area contributed by atoms with Crippen molar-refractivity contribution in [3.63, 3.8) is 0 Å². The van der Waals surface area contributed by atoms with E-state index in [1.165, 1.54) is 6.33 Å². The van der Waals surface area contributed by atoms with Crippen molar-refractivity contribution >= 4 is 17.5 Å². The Balaban J connectivity index is 1.28. The summed E-state index contributed by atoms with van der Waals surface area (Å²) >= 11 is 6.24. The van der Waals surface area contributed by atoms with E-state index in [1.807, 2.05) is 35.2 Å². The molecule has 32 heavy (non-hydrogen) atoms. The van der Waals surface area contributed by atoms with Gasteiger partial charge in [0, 0.05) is 48.9 Å². The summed E-state index contributed by atoms with van der Waals surface area (Å²) < 4.78 is 12.3. The number of ether oxygens (including phenoxy) is 2. The van der Waals surface area contributed by atoms with E-state index in [9.17, 15) is 4.79 Å². The Morgan fingerprint density at radius 2 is 1.94 bits per heavy atom. The van der Waals surface area contributed by atoms with Crippen LogP contribution in [0.25, 0.3) is 11.1 Å². The number of amides is 1. The second-order valence-electron chi connectivity index (χ2n) is 8.29. The van der Waals surface area contributed by atoms with Crippen LogP contribution in [0.4, 0.5) is 0 Å². The number of aromatic nitrogens is 3. The topological polar surface area (TPSA) is 77.4 Å². The number of para-hydroxylation sites is 1. The van der Waals surface area contributed by atoms with E-state index >= 15 is 0 Å². The van der Waals surface area contributed by atoms with Gasteiger partial charge < -0.3 is 14.4 Å². The molecule has 2 aliphatic heterocycles. The van der Waals surface area contributed by atoms with Gasteiger partial charge in [-0.2, -0.15) is 0 Å². The van der Waals surface area contributed by atoms with Crippen molar-refractivity contribution < 1.29 is 14.3 Å². The van der Waals surface area contributed by atoms with Crippen LogP contribution in [-0.4, -0.2) is 57.2 Å². The Morgan fingerprint density at radius 3 is 2.78 bits per heavy atom. The number of hydrogen-bond donors (Lipinski definition) is 0. The fourth-order valence-electron chi connectivity index (χ4n) is 4.50. The highest BCUT2D eigenvalue weighted by Gasteiger charge is 2.45. The smallest absolute Gasteiger partial charge is 0.255 e. The third-order valence-electron chi connectivity index (χ3n) is 6.01. The van der Waals surface area contributed by atoms with E-state index in [0.29, 0.717) is 36.0 Å². The number of pyridine rings is 1. The maximum absolute atomic E-state index is 13.3. The highest BCUT2D eigenvalue weighted by atomic mass is 35.5. The molecule has 1 spiro atoms. The molecule has 0 saturated carbocycles. The quantitative estimate of drug-likeness (QED) is 0.597. The third-order valence-corrected chi connectivity index (χ3v) is 6.32. The van der Waals surface area contributed by atoms with Crippen LogP contribution in [0.3, 0.4) is 0 Å². The van der Waals surface area contributed by atoms with Gasteiger partial charge in [0.25, 0.3) is 5.91 Å². The number of benzene rings is 1. The van der Waals surface area contributed by atoms with Crippen molar-refractivity contribution in [2.24, 2.45) is 0 Å². The number of piperidine rings is 1. The summed E-state index contributed by atoms with van der Waals surface area (Å²) in [5, 5.41) is 0.588. The van der Waals surface area contributed by atoms with Crippen LogP contribution in [0.5, 0.6) is 5.75 Å². The zero-order chi connectivity index (χ0) is 22.0. The van der Waals surface area contributed by atoms with E-state index < -0.39 is 5.60 Å². The molecule has 0 aliphatic carbocycles. The molecule has 1 amide bonds. The summed E-state index contributed by atoms with van der Waals surface area (Å²) in [5.74, 6) is 0.616. The average Bonchev–Trinajstić information content (AvgIpc) is 3.22. The molecule has 1 aromatic carbocycles. The summed E-state index contributed by atoms with van der Waals surface area (Å²) in [5.41, 5.74) is 1.79. The molecule has 2 aromatic heterocycles. The lowest BCUT2D eigenvalue weighted by Crippen LogP contribution is -2.50. The lowest BCUT2D eigenvalue weighted by Gasteiger charge is -2.39. The predicted molar refractivity (Wildman–Crippen MR) is 120 cm³/mol. The van der Waals surface area contributed by atoms with Gasteiger partial charge in [-0.1, -0.05) is 23.7 Å². The minimum absolute atomic E-state index is 0.0469. The highest BCUT2D eigenvalue weighted by molar-refractivity contribution is 6.32. The normalized spacial score (nSPS) is 22.8. The second kappa shape index (κ2) is 8.84. The monoisotopic (exact) mass is 450 g/mol. The van der Waals surface area contributed by atoms with Crippen LogP contribution in [0, 0.1) is 0 Å². The molecular weight excluding hydrogens is 428 g/mol. The lowest BCUT2D eigenvalue weighted by molar-refractivity contribution is -0.0453. The summed E-state index contributed by atoms with van der Waals surface area (Å²) in [6, 6.07) is 9.29. The third kappa shape index (κ3) is 4.31. The fraction of sp³-hybridized carbons (Fsp3) is 0.333. The molecule has 3 aromatic rings. The first-order valence-corrected chi connectivity index (χ1v) is 11.0. The second-order valence-corrected chi connectivity index (χ2v) is 8.70. The maximum Gasteiger partial charge on any atom is 0.255 e. The molecule has 2 saturated heterocycles. The van der Waals surface area contributed by atoms with Gasteiger partial charge >= 0.3 is 0 Å². The van der Waals surface area contributed by atoms with Crippen LogP contribution in [-0.2, 0) is 4.74 Å². The summed E-state index contributed by atoms with van der Waals surface area (Å²) in [6.07, 6.45) is 10.6. The number of carbonyl (C=O) groups is 1. The van der Waals surface area contributed by atoms with Crippen molar-refractivity contribution in [2.45, 2.75) is 31.0 Å². The van der Waals surface area contributed by atoms with Gasteiger partial charge in [-0.15, -0.1) is 0 Å². The van der Waals surface area contributed by atoms with Crippen LogP contribution >= 0.6 is 11.6 Å². The lowest BCUT2D eigenvalue weighted by atomic mass is 9.89. The zero-order valence-electron chi connectivity index (χ0n) is 17.5. The standard InChI is InChI=1S/C24H23ClN4O3/c25-21-4-1-2-5-22(21)32-20-9-24(31-14-20)6-3-7-29(15-24)23(30)18-8-17(10-26-11-18)19-12-27-16-28-13-19/h1-2,4-5,8,10-13,16,20H,3,6-7,9,14-15H2/t20-,24+/m1/s1. The molecule has 2 aliphatic rings. The van der Waals surface area contributed by atoms with Crippen molar-refractivity contribution in [3.05, 3.63) is 72.0 Å². The van der Waals surface area contributed by atoms with E-state index in [4.69, 9.17) is 21.1 Å². The SMILES string of the molecule is O=C(c1cncc(-c2cncnc2)c1)N1CCC[C@]2(C[C@@H](Oc3ccccc3Cl)CO2)C1. The van der Waals surface area contributed by atoms with Crippen molar-refractivity contribution in [1.82, 2.24) is 19.9 Å². The molecule has 5 rings (SSSR count). The number of carbonyl (C=O) groups excluding carboxylic acids is 1. The number of likely N-dealkylation sites (tertiary alicyclic amines) is 1. The van der Waals surface area contributed by atoms with Crippen molar-refractivity contribution in [2.75, 3.05) is 19.7 Å².